The van der Waals surface area contributed by atoms with Gasteiger partial charge in [0.2, 0.25) is 0 Å². The van der Waals surface area contributed by atoms with E-state index < -0.39 is 0 Å². The van der Waals surface area contributed by atoms with Crippen LogP contribution in [0.1, 0.15) is 0 Å². The molecule has 0 aliphatic carbocycles. The molecule has 0 saturated heterocycles. The largest absolute Gasteiger partial charge is 0.455 e. The van der Waals surface area contributed by atoms with Crippen LogP contribution in [0.25, 0.3) is 91.9 Å². The van der Waals surface area contributed by atoms with Gasteiger partial charge in [0.25, 0.3) is 0 Å². The van der Waals surface area contributed by atoms with Gasteiger partial charge in [0, 0.05) is 59.0 Å². The Morgan fingerprint density at radius 3 is 1.86 bits per heavy atom. The van der Waals surface area contributed by atoms with Crippen LogP contribution in [0.2, 0.25) is 0 Å². The van der Waals surface area contributed by atoms with Gasteiger partial charge in [-0.3, -0.25) is 0 Å². The second-order valence-corrected chi connectivity index (χ2v) is 15.9. The van der Waals surface area contributed by atoms with Crippen LogP contribution in [0.4, 0.5) is 17.1 Å². The van der Waals surface area contributed by atoms with E-state index in [1.165, 1.54) is 53.1 Å². The van der Waals surface area contributed by atoms with E-state index in [9.17, 15) is 0 Å². The molecule has 272 valence electrons. The summed E-state index contributed by atoms with van der Waals surface area (Å²) in [6.45, 7) is 0. The summed E-state index contributed by atoms with van der Waals surface area (Å²) in [5.74, 6) is 0. The molecule has 0 fully saturated rings. The third-order valence-corrected chi connectivity index (χ3v) is 12.8. The van der Waals surface area contributed by atoms with E-state index >= 15 is 0 Å². The lowest BCUT2D eigenvalue weighted by atomic mass is 9.99. The molecule has 0 spiro atoms. The Bertz CT molecular complexity index is 3460. The van der Waals surface area contributed by atoms with Gasteiger partial charge < -0.3 is 13.9 Å². The van der Waals surface area contributed by atoms with Gasteiger partial charge in [0.15, 0.2) is 0 Å². The second kappa shape index (κ2) is 13.1. The number of hydrogen-bond donors (Lipinski definition) is 0. The summed E-state index contributed by atoms with van der Waals surface area (Å²) in [6, 6.07) is 74.2. The molecule has 3 heterocycles. The number of aromatic nitrogens is 1. The van der Waals surface area contributed by atoms with Crippen molar-refractivity contribution >= 4 is 92.3 Å². The predicted molar refractivity (Wildman–Crippen MR) is 247 cm³/mol. The van der Waals surface area contributed by atoms with Crippen molar-refractivity contribution in [1.82, 2.24) is 4.57 Å². The second-order valence-electron chi connectivity index (χ2n) is 14.9. The molecule has 4 heteroatoms. The number of furan rings is 1. The van der Waals surface area contributed by atoms with Gasteiger partial charge in [0.05, 0.1) is 22.1 Å². The first-order valence-electron chi connectivity index (χ1n) is 19.7. The number of anilines is 3. The van der Waals surface area contributed by atoms with Crippen molar-refractivity contribution in [3.63, 3.8) is 0 Å². The molecule has 0 radical (unpaired) electrons. The SMILES string of the molecule is c1ccc(N(c2ccc(-c3cccc4c3sc3ccccc34)cc2)c2ccc(-c3cccc(-n4c5ccccc5c5ccccc54)c3)c3oc4ccccc4c23)cc1. The summed E-state index contributed by atoms with van der Waals surface area (Å²) < 4.78 is 11.9. The van der Waals surface area contributed by atoms with Crippen LogP contribution in [-0.2, 0) is 0 Å². The number of benzene rings is 9. The van der Waals surface area contributed by atoms with Crippen molar-refractivity contribution in [2.24, 2.45) is 0 Å². The van der Waals surface area contributed by atoms with E-state index in [0.717, 1.165) is 55.8 Å². The summed E-state index contributed by atoms with van der Waals surface area (Å²) in [5, 5.41) is 7.29. The van der Waals surface area contributed by atoms with Gasteiger partial charge in [-0.1, -0.05) is 133 Å². The molecule has 3 aromatic heterocycles. The molecule has 0 saturated carbocycles. The average molecular weight is 759 g/mol. The fourth-order valence-corrected chi connectivity index (χ4v) is 10.2. The van der Waals surface area contributed by atoms with Gasteiger partial charge in [-0.25, -0.2) is 0 Å². The lowest BCUT2D eigenvalue weighted by molar-refractivity contribution is 0.670. The molecule has 12 rings (SSSR count). The molecule has 3 nitrogen and oxygen atoms in total. The maximum Gasteiger partial charge on any atom is 0.145 e. The Kier molecular flexibility index (Phi) is 7.40. The first-order chi connectivity index (χ1) is 28.8. The van der Waals surface area contributed by atoms with Crippen molar-refractivity contribution in [1.29, 1.82) is 0 Å². The van der Waals surface area contributed by atoms with Crippen LogP contribution >= 0.6 is 11.3 Å². The Morgan fingerprint density at radius 2 is 1.07 bits per heavy atom. The average Bonchev–Trinajstić information content (AvgIpc) is 3.98. The normalized spacial score (nSPS) is 11.8. The van der Waals surface area contributed by atoms with Crippen molar-refractivity contribution in [2.75, 3.05) is 4.90 Å². The molecular weight excluding hydrogens is 725 g/mol. The van der Waals surface area contributed by atoms with E-state index in [0.29, 0.717) is 0 Å². The minimum atomic E-state index is 0.865. The highest BCUT2D eigenvalue weighted by Gasteiger charge is 2.23. The quantitative estimate of drug-likeness (QED) is 0.168. The highest BCUT2D eigenvalue weighted by atomic mass is 32.1. The molecule has 0 unspecified atom stereocenters. The molecule has 0 bridgehead atoms. The van der Waals surface area contributed by atoms with Gasteiger partial charge in [-0.05, 0) is 89.5 Å². The van der Waals surface area contributed by atoms with Crippen LogP contribution in [0, 0.1) is 0 Å². The molecule has 58 heavy (non-hydrogen) atoms. The maximum atomic E-state index is 6.88. The Hall–Kier alpha value is -7.40. The first kappa shape index (κ1) is 32.8. The maximum absolute atomic E-state index is 6.88. The fraction of sp³-hybridized carbons (Fsp3) is 0. The van der Waals surface area contributed by atoms with Gasteiger partial charge in [0.1, 0.15) is 11.2 Å². The highest BCUT2D eigenvalue weighted by molar-refractivity contribution is 7.26. The van der Waals surface area contributed by atoms with Crippen LogP contribution in [0.5, 0.6) is 0 Å². The molecule has 0 aliphatic rings. The number of rotatable bonds is 6. The smallest absolute Gasteiger partial charge is 0.145 e. The molecule has 9 aromatic carbocycles. The number of nitrogens with zero attached hydrogens (tertiary/aromatic N) is 2. The van der Waals surface area contributed by atoms with Crippen LogP contribution in [-0.4, -0.2) is 4.57 Å². The fourth-order valence-electron chi connectivity index (χ4n) is 9.01. The van der Waals surface area contributed by atoms with Crippen molar-refractivity contribution in [2.45, 2.75) is 0 Å². The summed E-state index contributed by atoms with van der Waals surface area (Å²) in [4.78, 5) is 2.37. The zero-order chi connectivity index (χ0) is 38.2. The van der Waals surface area contributed by atoms with Crippen LogP contribution in [0.3, 0.4) is 0 Å². The molecule has 0 N–H and O–H groups in total. The zero-order valence-corrected chi connectivity index (χ0v) is 32.2. The van der Waals surface area contributed by atoms with Crippen molar-refractivity contribution in [3.05, 3.63) is 206 Å². The van der Waals surface area contributed by atoms with Crippen molar-refractivity contribution < 1.29 is 4.42 Å². The van der Waals surface area contributed by atoms with Crippen molar-refractivity contribution in [3.8, 4) is 27.9 Å². The van der Waals surface area contributed by atoms with Crippen LogP contribution in [0.15, 0.2) is 211 Å². The summed E-state index contributed by atoms with van der Waals surface area (Å²) in [7, 11) is 0. The standard InChI is InChI=1S/C54H34N2OS/c1-2-15-37(16-3-1)55(38-30-28-35(29-31-38)41-22-13-23-45-44-20-7-11-27-51(44)58-54(41)45)49-33-32-40(53-52(49)46-21-6-10-26-50(46)57-53)36-14-12-17-39(34-36)56-47-24-8-4-18-42(47)43-19-5-9-25-48(43)56/h1-34H. The molecular formula is C54H34N2OS. The lowest BCUT2D eigenvalue weighted by Gasteiger charge is -2.27. The molecule has 0 amide bonds. The molecule has 0 atom stereocenters. The zero-order valence-electron chi connectivity index (χ0n) is 31.3. The van der Waals surface area contributed by atoms with E-state index in [2.05, 4.69) is 216 Å². The van der Waals surface area contributed by atoms with E-state index in [1.54, 1.807) is 0 Å². The van der Waals surface area contributed by atoms with E-state index in [4.69, 9.17) is 4.42 Å². The highest BCUT2D eigenvalue weighted by Crippen LogP contribution is 2.47. The Morgan fingerprint density at radius 1 is 0.431 bits per heavy atom. The van der Waals surface area contributed by atoms with Gasteiger partial charge >= 0.3 is 0 Å². The summed E-state index contributed by atoms with van der Waals surface area (Å²) in [5.41, 5.74) is 13.0. The Balaban J connectivity index is 1.03. The number of hydrogen-bond acceptors (Lipinski definition) is 3. The summed E-state index contributed by atoms with van der Waals surface area (Å²) in [6.07, 6.45) is 0. The minimum Gasteiger partial charge on any atom is -0.455 e. The van der Waals surface area contributed by atoms with Gasteiger partial charge in [-0.2, -0.15) is 0 Å². The minimum absolute atomic E-state index is 0.865. The molecule has 0 aliphatic heterocycles. The first-order valence-corrected chi connectivity index (χ1v) is 20.5. The predicted octanol–water partition coefficient (Wildman–Crippen LogP) is 15.9. The number of fused-ring (bicyclic) bond motifs is 9. The van der Waals surface area contributed by atoms with E-state index in [1.807, 2.05) is 11.3 Å². The van der Waals surface area contributed by atoms with Gasteiger partial charge in [-0.15, -0.1) is 11.3 Å². The third kappa shape index (κ3) is 5.05. The topological polar surface area (TPSA) is 21.3 Å². The third-order valence-electron chi connectivity index (χ3n) is 11.6. The van der Waals surface area contributed by atoms with E-state index in [-0.39, 0.29) is 0 Å². The number of para-hydroxylation sites is 4. The molecule has 12 aromatic rings. The number of thiophene rings is 1. The Labute approximate surface area is 338 Å². The monoisotopic (exact) mass is 758 g/mol. The summed E-state index contributed by atoms with van der Waals surface area (Å²) >= 11 is 1.87. The van der Waals surface area contributed by atoms with Crippen LogP contribution < -0.4 is 4.90 Å². The lowest BCUT2D eigenvalue weighted by Crippen LogP contribution is -2.10.